The number of methoxy groups -OCH3 is 1. The molecule has 0 aliphatic heterocycles. The Morgan fingerprint density at radius 3 is 3.11 bits per heavy atom. The summed E-state index contributed by atoms with van der Waals surface area (Å²) in [5, 5.41) is 5.88. The SMILES string of the molecule is COC(=O)CCN(C)Cc1noc(-c2cccs2)n1. The molecule has 6 nitrogen and oxygen atoms in total. The average Bonchev–Trinajstić information content (AvgIpc) is 3.06. The molecule has 19 heavy (non-hydrogen) atoms. The monoisotopic (exact) mass is 281 g/mol. The van der Waals surface area contributed by atoms with Crippen molar-refractivity contribution in [3.8, 4) is 10.8 Å². The van der Waals surface area contributed by atoms with Crippen LogP contribution in [0.25, 0.3) is 10.8 Å². The highest BCUT2D eigenvalue weighted by molar-refractivity contribution is 7.13. The number of thiophene rings is 1. The average molecular weight is 281 g/mol. The van der Waals surface area contributed by atoms with E-state index in [2.05, 4.69) is 14.9 Å². The fraction of sp³-hybridized carbons (Fsp3) is 0.417. The molecule has 0 unspecified atom stereocenters. The van der Waals surface area contributed by atoms with E-state index in [9.17, 15) is 4.79 Å². The maximum atomic E-state index is 11.0. The van der Waals surface area contributed by atoms with E-state index in [1.54, 1.807) is 11.3 Å². The lowest BCUT2D eigenvalue weighted by Crippen LogP contribution is -2.22. The zero-order valence-electron chi connectivity index (χ0n) is 10.8. The van der Waals surface area contributed by atoms with Gasteiger partial charge in [0.25, 0.3) is 5.89 Å². The molecule has 0 N–H and O–H groups in total. The number of hydrogen-bond acceptors (Lipinski definition) is 7. The predicted octanol–water partition coefficient (Wildman–Crippen LogP) is 1.79. The first kappa shape index (κ1) is 13.7. The molecule has 2 aromatic rings. The smallest absolute Gasteiger partial charge is 0.306 e. The van der Waals surface area contributed by atoms with Crippen LogP contribution in [0.2, 0.25) is 0 Å². The van der Waals surface area contributed by atoms with Gasteiger partial charge in [0, 0.05) is 6.54 Å². The molecule has 0 radical (unpaired) electrons. The largest absolute Gasteiger partial charge is 0.469 e. The minimum Gasteiger partial charge on any atom is -0.469 e. The normalized spacial score (nSPS) is 10.9. The van der Waals surface area contributed by atoms with Gasteiger partial charge in [0.2, 0.25) is 0 Å². The summed E-state index contributed by atoms with van der Waals surface area (Å²) in [6.07, 6.45) is 0.350. The number of hydrogen-bond donors (Lipinski definition) is 0. The van der Waals surface area contributed by atoms with Gasteiger partial charge >= 0.3 is 5.97 Å². The van der Waals surface area contributed by atoms with E-state index in [1.807, 2.05) is 29.5 Å². The van der Waals surface area contributed by atoms with E-state index in [0.29, 0.717) is 31.2 Å². The third-order valence-corrected chi connectivity index (χ3v) is 3.39. The fourth-order valence-corrected chi connectivity index (χ4v) is 2.17. The summed E-state index contributed by atoms with van der Waals surface area (Å²) in [5.41, 5.74) is 0. The van der Waals surface area contributed by atoms with Crippen LogP contribution < -0.4 is 0 Å². The Bertz CT molecular complexity index is 524. The summed E-state index contributed by atoms with van der Waals surface area (Å²) in [7, 11) is 3.28. The van der Waals surface area contributed by atoms with Gasteiger partial charge in [-0.05, 0) is 18.5 Å². The minimum atomic E-state index is -0.223. The molecule has 0 aliphatic rings. The molecule has 7 heteroatoms. The molecule has 2 heterocycles. The lowest BCUT2D eigenvalue weighted by molar-refractivity contribution is -0.140. The molecule has 0 bridgehead atoms. The Morgan fingerprint density at radius 1 is 1.58 bits per heavy atom. The van der Waals surface area contributed by atoms with Crippen molar-refractivity contribution < 1.29 is 14.1 Å². The van der Waals surface area contributed by atoms with Crippen molar-refractivity contribution in [3.05, 3.63) is 23.3 Å². The van der Waals surface area contributed by atoms with Gasteiger partial charge in [-0.25, -0.2) is 0 Å². The standard InChI is InChI=1S/C12H15N3O3S/c1-15(6-5-11(16)17-2)8-10-13-12(18-14-10)9-4-3-7-19-9/h3-4,7H,5-6,8H2,1-2H3. The van der Waals surface area contributed by atoms with Crippen LogP contribution >= 0.6 is 11.3 Å². The summed E-state index contributed by atoms with van der Waals surface area (Å²) >= 11 is 1.55. The first-order chi connectivity index (χ1) is 9.19. The van der Waals surface area contributed by atoms with Crippen molar-refractivity contribution in [2.24, 2.45) is 0 Å². The fourth-order valence-electron chi connectivity index (χ4n) is 1.52. The van der Waals surface area contributed by atoms with Crippen molar-refractivity contribution >= 4 is 17.3 Å². The number of nitrogens with zero attached hydrogens (tertiary/aromatic N) is 3. The predicted molar refractivity (Wildman–Crippen MR) is 70.6 cm³/mol. The maximum absolute atomic E-state index is 11.0. The van der Waals surface area contributed by atoms with Crippen LogP contribution in [0.5, 0.6) is 0 Å². The van der Waals surface area contributed by atoms with E-state index in [-0.39, 0.29) is 5.97 Å². The molecule has 0 spiro atoms. The second-order valence-electron chi connectivity index (χ2n) is 4.06. The van der Waals surface area contributed by atoms with Gasteiger partial charge in [-0.15, -0.1) is 11.3 Å². The van der Waals surface area contributed by atoms with Gasteiger partial charge < -0.3 is 9.26 Å². The van der Waals surface area contributed by atoms with Crippen molar-refractivity contribution in [3.63, 3.8) is 0 Å². The van der Waals surface area contributed by atoms with E-state index < -0.39 is 0 Å². The van der Waals surface area contributed by atoms with Crippen molar-refractivity contribution in [1.82, 2.24) is 15.0 Å². The summed E-state index contributed by atoms with van der Waals surface area (Å²) in [6.45, 7) is 1.13. The van der Waals surface area contributed by atoms with Crippen LogP contribution in [0.4, 0.5) is 0 Å². The van der Waals surface area contributed by atoms with Crippen molar-refractivity contribution in [2.45, 2.75) is 13.0 Å². The topological polar surface area (TPSA) is 68.5 Å². The zero-order chi connectivity index (χ0) is 13.7. The quantitative estimate of drug-likeness (QED) is 0.752. The first-order valence-electron chi connectivity index (χ1n) is 5.81. The molecule has 0 saturated heterocycles. The van der Waals surface area contributed by atoms with Crippen LogP contribution in [-0.2, 0) is 16.1 Å². The van der Waals surface area contributed by atoms with Gasteiger partial charge in [-0.3, -0.25) is 9.69 Å². The third-order valence-electron chi connectivity index (χ3n) is 2.54. The number of aromatic nitrogens is 2. The molecular formula is C12H15N3O3S. The van der Waals surface area contributed by atoms with E-state index >= 15 is 0 Å². The van der Waals surface area contributed by atoms with Crippen molar-refractivity contribution in [1.29, 1.82) is 0 Å². The molecule has 0 aliphatic carbocycles. The molecule has 102 valence electrons. The molecule has 0 aromatic carbocycles. The summed E-state index contributed by atoms with van der Waals surface area (Å²) in [5.74, 6) is 0.918. The zero-order valence-corrected chi connectivity index (χ0v) is 11.6. The van der Waals surface area contributed by atoms with Gasteiger partial charge in [0.1, 0.15) is 0 Å². The Hall–Kier alpha value is -1.73. The van der Waals surface area contributed by atoms with Gasteiger partial charge in [-0.1, -0.05) is 11.2 Å². The van der Waals surface area contributed by atoms with E-state index in [1.165, 1.54) is 7.11 Å². The molecule has 0 amide bonds. The van der Waals surface area contributed by atoms with Crippen LogP contribution in [0.15, 0.2) is 22.0 Å². The highest BCUT2D eigenvalue weighted by Gasteiger charge is 2.12. The Kier molecular flexibility index (Phi) is 4.64. The lowest BCUT2D eigenvalue weighted by Gasteiger charge is -2.12. The van der Waals surface area contributed by atoms with Crippen LogP contribution in [-0.4, -0.2) is 41.7 Å². The molecule has 2 aromatic heterocycles. The van der Waals surface area contributed by atoms with Crippen LogP contribution in [0.1, 0.15) is 12.2 Å². The number of rotatable bonds is 6. The Labute approximate surface area is 115 Å². The molecule has 2 rings (SSSR count). The van der Waals surface area contributed by atoms with Gasteiger partial charge in [0.05, 0.1) is 25.0 Å². The number of esters is 1. The van der Waals surface area contributed by atoms with E-state index in [0.717, 1.165) is 4.88 Å². The Morgan fingerprint density at radius 2 is 2.42 bits per heavy atom. The lowest BCUT2D eigenvalue weighted by atomic mass is 10.4. The summed E-state index contributed by atoms with van der Waals surface area (Å²) < 4.78 is 9.78. The molecule has 0 atom stereocenters. The summed E-state index contributed by atoms with van der Waals surface area (Å²) in [6, 6.07) is 3.87. The minimum absolute atomic E-state index is 0.223. The second-order valence-corrected chi connectivity index (χ2v) is 5.00. The molecular weight excluding hydrogens is 266 g/mol. The number of carbonyl (C=O) groups is 1. The Balaban J connectivity index is 1.88. The van der Waals surface area contributed by atoms with E-state index in [4.69, 9.17) is 4.52 Å². The van der Waals surface area contributed by atoms with Crippen molar-refractivity contribution in [2.75, 3.05) is 20.7 Å². The van der Waals surface area contributed by atoms with Gasteiger partial charge in [0.15, 0.2) is 5.82 Å². The maximum Gasteiger partial charge on any atom is 0.306 e. The highest BCUT2D eigenvalue weighted by Crippen LogP contribution is 2.22. The van der Waals surface area contributed by atoms with Crippen LogP contribution in [0, 0.1) is 0 Å². The van der Waals surface area contributed by atoms with Crippen LogP contribution in [0.3, 0.4) is 0 Å². The number of ether oxygens (including phenoxy) is 1. The highest BCUT2D eigenvalue weighted by atomic mass is 32.1. The summed E-state index contributed by atoms with van der Waals surface area (Å²) in [4.78, 5) is 18.2. The van der Waals surface area contributed by atoms with Gasteiger partial charge in [-0.2, -0.15) is 4.98 Å². The second kappa shape index (κ2) is 6.44. The first-order valence-corrected chi connectivity index (χ1v) is 6.69. The number of carbonyl (C=O) groups excluding carboxylic acids is 1. The molecule has 0 fully saturated rings. The molecule has 0 saturated carbocycles. The third kappa shape index (κ3) is 3.87.